The van der Waals surface area contributed by atoms with Gasteiger partial charge in [0.1, 0.15) is 0 Å². The van der Waals surface area contributed by atoms with Crippen molar-refractivity contribution in [3.63, 3.8) is 0 Å². The van der Waals surface area contributed by atoms with Crippen LogP contribution in [0.2, 0.25) is 0 Å². The Kier molecular flexibility index (Phi) is 4.68. The van der Waals surface area contributed by atoms with Crippen LogP contribution in [0.5, 0.6) is 0 Å². The maximum absolute atomic E-state index is 12.1. The largest absolute Gasteiger partial charge is 0.481 e. The van der Waals surface area contributed by atoms with Crippen LogP contribution < -0.4 is 5.32 Å². The molecule has 1 fully saturated rings. The smallest absolute Gasteiger partial charge is 0.317 e. The van der Waals surface area contributed by atoms with Gasteiger partial charge in [0, 0.05) is 19.6 Å². The Morgan fingerprint density at radius 3 is 2.65 bits per heavy atom. The second kappa shape index (κ2) is 6.29. The number of carboxylic acid groups (broad SMARTS) is 1. The van der Waals surface area contributed by atoms with Crippen LogP contribution in [0.3, 0.4) is 0 Å². The van der Waals surface area contributed by atoms with Crippen molar-refractivity contribution in [2.24, 2.45) is 5.41 Å². The molecule has 1 aliphatic heterocycles. The molecule has 1 aliphatic carbocycles. The third kappa shape index (κ3) is 3.32. The van der Waals surface area contributed by atoms with Crippen molar-refractivity contribution in [1.82, 2.24) is 10.2 Å². The van der Waals surface area contributed by atoms with Crippen molar-refractivity contribution in [3.05, 3.63) is 11.6 Å². The van der Waals surface area contributed by atoms with E-state index in [1.54, 1.807) is 4.90 Å². The lowest BCUT2D eigenvalue weighted by atomic mass is 9.74. The summed E-state index contributed by atoms with van der Waals surface area (Å²) in [5, 5.41) is 12.3. The zero-order chi connectivity index (χ0) is 14.6. The molecule has 5 heteroatoms. The van der Waals surface area contributed by atoms with E-state index in [4.69, 9.17) is 0 Å². The Hall–Kier alpha value is -1.52. The minimum atomic E-state index is -0.771. The van der Waals surface area contributed by atoms with E-state index < -0.39 is 11.4 Å². The molecule has 0 aromatic rings. The van der Waals surface area contributed by atoms with Crippen molar-refractivity contribution in [2.75, 3.05) is 19.6 Å². The normalized spacial score (nSPS) is 22.1. The molecular formula is C15H24N2O3. The lowest BCUT2D eigenvalue weighted by Gasteiger charge is -2.34. The molecule has 2 amide bonds. The highest BCUT2D eigenvalue weighted by Gasteiger charge is 2.40. The van der Waals surface area contributed by atoms with E-state index in [9.17, 15) is 14.7 Å². The Balaban J connectivity index is 1.91. The summed E-state index contributed by atoms with van der Waals surface area (Å²) in [4.78, 5) is 25.4. The fourth-order valence-electron chi connectivity index (χ4n) is 3.14. The number of hydrogen-bond acceptors (Lipinski definition) is 2. The van der Waals surface area contributed by atoms with E-state index in [1.807, 2.05) is 6.92 Å². The number of carbonyl (C=O) groups is 2. The van der Waals surface area contributed by atoms with Crippen LogP contribution in [0.15, 0.2) is 11.6 Å². The van der Waals surface area contributed by atoms with Crippen molar-refractivity contribution >= 4 is 12.0 Å². The third-order valence-electron chi connectivity index (χ3n) is 4.46. The van der Waals surface area contributed by atoms with Crippen molar-refractivity contribution in [1.29, 1.82) is 0 Å². The van der Waals surface area contributed by atoms with Gasteiger partial charge in [-0.3, -0.25) is 4.79 Å². The zero-order valence-electron chi connectivity index (χ0n) is 12.2. The Bertz CT molecular complexity index is 411. The van der Waals surface area contributed by atoms with Gasteiger partial charge in [-0.25, -0.2) is 4.79 Å². The molecule has 0 bridgehead atoms. The van der Waals surface area contributed by atoms with Gasteiger partial charge in [-0.2, -0.15) is 0 Å². The molecule has 20 heavy (non-hydrogen) atoms. The minimum absolute atomic E-state index is 0.136. The molecule has 0 saturated heterocycles. The van der Waals surface area contributed by atoms with E-state index in [-0.39, 0.29) is 12.6 Å². The monoisotopic (exact) mass is 280 g/mol. The van der Waals surface area contributed by atoms with Crippen molar-refractivity contribution in [2.45, 2.75) is 45.4 Å². The Morgan fingerprint density at radius 1 is 1.35 bits per heavy atom. The fourth-order valence-corrected chi connectivity index (χ4v) is 3.14. The summed E-state index contributed by atoms with van der Waals surface area (Å²) in [5.74, 6) is -0.771. The number of urea groups is 1. The molecule has 0 aromatic carbocycles. The van der Waals surface area contributed by atoms with Gasteiger partial charge >= 0.3 is 12.0 Å². The van der Waals surface area contributed by atoms with Gasteiger partial charge in [0.2, 0.25) is 0 Å². The molecule has 1 saturated carbocycles. The lowest BCUT2D eigenvalue weighted by Crippen LogP contribution is -2.49. The maximum Gasteiger partial charge on any atom is 0.317 e. The summed E-state index contributed by atoms with van der Waals surface area (Å²) >= 11 is 0. The summed E-state index contributed by atoms with van der Waals surface area (Å²) in [6.45, 7) is 3.62. The summed E-state index contributed by atoms with van der Waals surface area (Å²) in [6, 6.07) is -0.136. The highest BCUT2D eigenvalue weighted by atomic mass is 16.4. The quantitative estimate of drug-likeness (QED) is 0.780. The first-order chi connectivity index (χ1) is 9.53. The first-order valence-corrected chi connectivity index (χ1v) is 7.45. The number of hydrogen-bond donors (Lipinski definition) is 2. The zero-order valence-corrected chi connectivity index (χ0v) is 12.2. The highest BCUT2D eigenvalue weighted by Crippen LogP contribution is 2.36. The predicted molar refractivity (Wildman–Crippen MR) is 76.5 cm³/mol. The first-order valence-electron chi connectivity index (χ1n) is 7.45. The first kappa shape index (κ1) is 14.9. The molecule has 5 nitrogen and oxygen atoms in total. The summed E-state index contributed by atoms with van der Waals surface area (Å²) in [6.07, 6.45) is 7.33. The van der Waals surface area contributed by atoms with Crippen LogP contribution in [0.4, 0.5) is 4.79 Å². The number of amides is 2. The van der Waals surface area contributed by atoms with Gasteiger partial charge in [-0.15, -0.1) is 0 Å². The van der Waals surface area contributed by atoms with Crippen LogP contribution in [0.1, 0.15) is 45.4 Å². The second-order valence-corrected chi connectivity index (χ2v) is 6.07. The van der Waals surface area contributed by atoms with Crippen LogP contribution >= 0.6 is 0 Å². The van der Waals surface area contributed by atoms with Gasteiger partial charge < -0.3 is 15.3 Å². The molecule has 0 unspecified atom stereocenters. The molecule has 0 atom stereocenters. The molecule has 1 heterocycles. The number of rotatable bonds is 3. The fraction of sp³-hybridized carbons (Fsp3) is 0.733. The van der Waals surface area contributed by atoms with Crippen molar-refractivity contribution < 1.29 is 14.7 Å². The number of aliphatic carboxylic acids is 1. The molecule has 112 valence electrons. The Morgan fingerprint density at radius 2 is 2.05 bits per heavy atom. The van der Waals surface area contributed by atoms with Crippen molar-refractivity contribution in [3.8, 4) is 0 Å². The highest BCUT2D eigenvalue weighted by molar-refractivity contribution is 5.78. The number of carboxylic acids is 1. The number of nitrogens with zero attached hydrogens (tertiary/aromatic N) is 1. The molecule has 2 rings (SSSR count). The average Bonchev–Trinajstić information content (AvgIpc) is 2.45. The van der Waals surface area contributed by atoms with Gasteiger partial charge in [0.05, 0.1) is 5.41 Å². The maximum atomic E-state index is 12.1. The topological polar surface area (TPSA) is 69.6 Å². The van der Waals surface area contributed by atoms with Crippen LogP contribution in [-0.2, 0) is 4.79 Å². The van der Waals surface area contributed by atoms with Gasteiger partial charge in [-0.1, -0.05) is 30.9 Å². The number of carbonyl (C=O) groups excluding carboxylic acids is 1. The summed E-state index contributed by atoms with van der Waals surface area (Å²) in [5.41, 5.74) is 0.436. The molecule has 0 spiro atoms. The van der Waals surface area contributed by atoms with Crippen LogP contribution in [0.25, 0.3) is 0 Å². The molecule has 0 radical (unpaired) electrons. The minimum Gasteiger partial charge on any atom is -0.481 e. The molecule has 2 N–H and O–H groups in total. The van der Waals surface area contributed by atoms with E-state index in [1.165, 1.54) is 5.57 Å². The van der Waals surface area contributed by atoms with E-state index in [2.05, 4.69) is 11.4 Å². The number of nitrogens with one attached hydrogen (secondary N) is 1. The summed E-state index contributed by atoms with van der Waals surface area (Å²) in [7, 11) is 0. The van der Waals surface area contributed by atoms with E-state index >= 15 is 0 Å². The SMILES string of the molecule is CC1=CCCN(C(=O)NCC2(C(=O)O)CCCCC2)C1. The summed E-state index contributed by atoms with van der Waals surface area (Å²) < 4.78 is 0. The standard InChI is InChI=1S/C15H24N2O3/c1-12-6-5-9-17(10-12)14(20)16-11-15(13(18)19)7-3-2-4-8-15/h6H,2-5,7-11H2,1H3,(H,16,20)(H,18,19). The third-order valence-corrected chi connectivity index (χ3v) is 4.46. The molecular weight excluding hydrogens is 256 g/mol. The molecule has 0 aromatic heterocycles. The lowest BCUT2D eigenvalue weighted by molar-refractivity contribution is -0.150. The Labute approximate surface area is 120 Å². The average molecular weight is 280 g/mol. The van der Waals surface area contributed by atoms with Crippen LogP contribution in [0, 0.1) is 5.41 Å². The van der Waals surface area contributed by atoms with Gasteiger partial charge in [-0.05, 0) is 26.2 Å². The second-order valence-electron chi connectivity index (χ2n) is 6.07. The van der Waals surface area contributed by atoms with E-state index in [0.717, 1.165) is 25.7 Å². The van der Waals surface area contributed by atoms with Crippen LogP contribution in [-0.4, -0.2) is 41.6 Å². The molecule has 2 aliphatic rings. The van der Waals surface area contributed by atoms with Gasteiger partial charge in [0.15, 0.2) is 0 Å². The predicted octanol–water partition coefficient (Wildman–Crippen LogP) is 2.38. The van der Waals surface area contributed by atoms with Gasteiger partial charge in [0.25, 0.3) is 0 Å². The van der Waals surface area contributed by atoms with E-state index in [0.29, 0.717) is 25.9 Å².